The number of carbonyl (C=O) groups excluding carboxylic acids is 1. The van der Waals surface area contributed by atoms with Gasteiger partial charge in [-0.25, -0.2) is 4.98 Å². The normalized spacial score (nSPS) is 20.4. The molecular formula is C16H21N5O2S. The van der Waals surface area contributed by atoms with Gasteiger partial charge in [0.2, 0.25) is 0 Å². The third kappa shape index (κ3) is 3.39. The summed E-state index contributed by atoms with van der Waals surface area (Å²) in [6, 6.07) is 5.72. The van der Waals surface area contributed by atoms with Gasteiger partial charge >= 0.3 is 0 Å². The van der Waals surface area contributed by atoms with Crippen molar-refractivity contribution in [3.8, 4) is 0 Å². The average molecular weight is 347 g/mol. The summed E-state index contributed by atoms with van der Waals surface area (Å²) in [7, 11) is 1.71. The summed E-state index contributed by atoms with van der Waals surface area (Å²) < 4.78 is 3.86. The van der Waals surface area contributed by atoms with Crippen LogP contribution in [-0.4, -0.2) is 62.8 Å². The summed E-state index contributed by atoms with van der Waals surface area (Å²) in [5, 5.41) is 14.9. The van der Waals surface area contributed by atoms with Gasteiger partial charge in [-0.3, -0.25) is 4.79 Å². The molecule has 128 valence electrons. The van der Waals surface area contributed by atoms with Gasteiger partial charge in [-0.05, 0) is 36.5 Å². The van der Waals surface area contributed by atoms with E-state index in [1.807, 2.05) is 30.0 Å². The average Bonchev–Trinajstić information content (AvgIpc) is 3.21. The van der Waals surface area contributed by atoms with Crippen molar-refractivity contribution in [1.82, 2.24) is 19.5 Å². The quantitative estimate of drug-likeness (QED) is 0.875. The van der Waals surface area contributed by atoms with E-state index in [0.29, 0.717) is 30.0 Å². The van der Waals surface area contributed by atoms with Gasteiger partial charge in [0, 0.05) is 26.3 Å². The number of aliphatic hydroxyl groups is 1. The molecule has 3 heterocycles. The van der Waals surface area contributed by atoms with E-state index in [-0.39, 0.29) is 12.5 Å². The van der Waals surface area contributed by atoms with Crippen LogP contribution in [0.4, 0.5) is 5.82 Å². The maximum absolute atomic E-state index is 12.6. The fourth-order valence-electron chi connectivity index (χ4n) is 3.01. The Labute approximate surface area is 145 Å². The lowest BCUT2D eigenvalue weighted by molar-refractivity contribution is 0.0266. The summed E-state index contributed by atoms with van der Waals surface area (Å²) in [6.45, 7) is 3.40. The van der Waals surface area contributed by atoms with Crippen molar-refractivity contribution in [2.24, 2.45) is 0 Å². The van der Waals surface area contributed by atoms with Crippen LogP contribution < -0.4 is 4.90 Å². The van der Waals surface area contributed by atoms with Crippen molar-refractivity contribution in [2.75, 3.05) is 31.6 Å². The first-order chi connectivity index (χ1) is 11.5. The lowest BCUT2D eigenvalue weighted by Gasteiger charge is -2.29. The number of aryl methyl sites for hydroxylation is 1. The molecule has 1 saturated heterocycles. The molecule has 1 atom stereocenters. The molecule has 7 nitrogen and oxygen atoms in total. The van der Waals surface area contributed by atoms with E-state index >= 15 is 0 Å². The third-order valence-corrected chi connectivity index (χ3v) is 5.02. The minimum Gasteiger partial charge on any atom is -0.386 e. The first-order valence-corrected chi connectivity index (χ1v) is 8.75. The Hall–Kier alpha value is -2.06. The number of amides is 1. The summed E-state index contributed by atoms with van der Waals surface area (Å²) >= 11 is 1.11. The summed E-state index contributed by atoms with van der Waals surface area (Å²) in [5.74, 6) is 0.717. The molecule has 0 bridgehead atoms. The van der Waals surface area contributed by atoms with Gasteiger partial charge < -0.3 is 14.9 Å². The van der Waals surface area contributed by atoms with Gasteiger partial charge in [-0.2, -0.15) is 0 Å². The Kier molecular flexibility index (Phi) is 4.77. The van der Waals surface area contributed by atoms with Gasteiger partial charge in [0.1, 0.15) is 16.3 Å². The molecule has 0 aromatic carbocycles. The molecule has 1 aliphatic rings. The molecule has 0 unspecified atom stereocenters. The van der Waals surface area contributed by atoms with Crippen LogP contribution in [0.5, 0.6) is 0 Å². The molecule has 24 heavy (non-hydrogen) atoms. The van der Waals surface area contributed by atoms with E-state index in [0.717, 1.165) is 23.9 Å². The fourth-order valence-corrected chi connectivity index (χ4v) is 3.76. The summed E-state index contributed by atoms with van der Waals surface area (Å²) in [5.41, 5.74) is -0.225. The number of rotatable bonds is 5. The minimum atomic E-state index is -0.938. The van der Waals surface area contributed by atoms with E-state index < -0.39 is 5.60 Å². The topological polar surface area (TPSA) is 82.5 Å². The molecule has 1 aliphatic heterocycles. The number of carbonyl (C=O) groups is 1. The zero-order valence-electron chi connectivity index (χ0n) is 13.8. The minimum absolute atomic E-state index is 0.133. The highest BCUT2D eigenvalue weighted by molar-refractivity contribution is 7.07. The maximum atomic E-state index is 12.6. The van der Waals surface area contributed by atoms with Crippen molar-refractivity contribution in [1.29, 1.82) is 0 Å². The second-order valence-electron chi connectivity index (χ2n) is 6.15. The molecular weight excluding hydrogens is 326 g/mol. The van der Waals surface area contributed by atoms with E-state index in [1.54, 1.807) is 18.1 Å². The molecule has 2 aromatic rings. The number of pyridine rings is 1. The van der Waals surface area contributed by atoms with Crippen LogP contribution in [0.25, 0.3) is 0 Å². The van der Waals surface area contributed by atoms with Gasteiger partial charge in [0.25, 0.3) is 5.91 Å². The van der Waals surface area contributed by atoms with Crippen LogP contribution in [0.15, 0.2) is 24.4 Å². The summed E-state index contributed by atoms with van der Waals surface area (Å²) in [6.07, 6.45) is 3.01. The highest BCUT2D eigenvalue weighted by Gasteiger charge is 2.39. The van der Waals surface area contributed by atoms with Gasteiger partial charge in [-0.15, -0.1) is 5.10 Å². The number of anilines is 1. The predicted molar refractivity (Wildman–Crippen MR) is 92.3 cm³/mol. The Morgan fingerprint density at radius 1 is 1.50 bits per heavy atom. The summed E-state index contributed by atoms with van der Waals surface area (Å²) in [4.78, 5) is 21.1. The Morgan fingerprint density at radius 2 is 2.33 bits per heavy atom. The number of hydrogen-bond acceptors (Lipinski definition) is 7. The van der Waals surface area contributed by atoms with Crippen molar-refractivity contribution >= 4 is 23.3 Å². The van der Waals surface area contributed by atoms with Crippen molar-refractivity contribution in [3.05, 3.63) is 35.0 Å². The van der Waals surface area contributed by atoms with Gasteiger partial charge in [-0.1, -0.05) is 17.5 Å². The van der Waals surface area contributed by atoms with Crippen LogP contribution in [0.1, 0.15) is 28.7 Å². The van der Waals surface area contributed by atoms with Crippen molar-refractivity contribution < 1.29 is 9.90 Å². The molecule has 8 heteroatoms. The molecule has 0 aliphatic carbocycles. The molecule has 0 radical (unpaired) electrons. The number of nitrogens with zero attached hydrogens (tertiary/aromatic N) is 5. The molecule has 1 fully saturated rings. The van der Waals surface area contributed by atoms with Gasteiger partial charge in [0.15, 0.2) is 0 Å². The van der Waals surface area contributed by atoms with E-state index in [4.69, 9.17) is 0 Å². The fraction of sp³-hybridized carbons (Fsp3) is 0.500. The van der Waals surface area contributed by atoms with Crippen molar-refractivity contribution in [3.63, 3.8) is 0 Å². The van der Waals surface area contributed by atoms with Crippen LogP contribution >= 0.6 is 11.5 Å². The van der Waals surface area contributed by atoms with Crippen LogP contribution in [0.2, 0.25) is 0 Å². The van der Waals surface area contributed by atoms with E-state index in [2.05, 4.69) is 14.6 Å². The molecule has 0 saturated carbocycles. The largest absolute Gasteiger partial charge is 0.386 e. The van der Waals surface area contributed by atoms with Crippen LogP contribution in [0.3, 0.4) is 0 Å². The van der Waals surface area contributed by atoms with Gasteiger partial charge in [0.05, 0.1) is 12.2 Å². The number of likely N-dealkylation sites (N-methyl/N-ethyl adjacent to an activating group) is 1. The lowest BCUT2D eigenvalue weighted by Crippen LogP contribution is -2.45. The number of β-amino-alcohol motifs (C(OH)–C–C–N with tert-alkyl or cyclic N) is 1. The van der Waals surface area contributed by atoms with E-state index in [9.17, 15) is 9.90 Å². The Balaban J connectivity index is 1.66. The standard InChI is InChI=1S/C16H21N5O2S/c1-3-12-14(24-19-18-12)15(22)20(2)10-16(23)7-9-21(11-16)13-6-4-5-8-17-13/h4-6,8,23H,3,7,9-11H2,1-2H3/t16-/m0/s1. The second-order valence-corrected chi connectivity index (χ2v) is 6.90. The number of hydrogen-bond donors (Lipinski definition) is 1. The second kappa shape index (κ2) is 6.82. The zero-order chi connectivity index (χ0) is 17.2. The third-order valence-electron chi connectivity index (χ3n) is 4.27. The molecule has 2 aromatic heterocycles. The van der Waals surface area contributed by atoms with Crippen molar-refractivity contribution in [2.45, 2.75) is 25.4 Å². The number of aromatic nitrogens is 3. The molecule has 1 amide bonds. The zero-order valence-corrected chi connectivity index (χ0v) is 14.7. The Bertz CT molecular complexity index is 708. The molecule has 1 N–H and O–H groups in total. The first kappa shape index (κ1) is 16.8. The van der Waals surface area contributed by atoms with E-state index in [1.165, 1.54) is 0 Å². The predicted octanol–water partition coefficient (Wildman–Crippen LogP) is 1.21. The monoisotopic (exact) mass is 347 g/mol. The lowest BCUT2D eigenvalue weighted by atomic mass is 10.0. The molecule has 0 spiro atoms. The maximum Gasteiger partial charge on any atom is 0.267 e. The van der Waals surface area contributed by atoms with Crippen LogP contribution in [-0.2, 0) is 6.42 Å². The molecule has 3 rings (SSSR count). The van der Waals surface area contributed by atoms with Crippen LogP contribution in [0, 0.1) is 0 Å². The smallest absolute Gasteiger partial charge is 0.267 e. The SMILES string of the molecule is CCc1nnsc1C(=O)N(C)C[C@@]1(O)CCN(c2ccccn2)C1. The first-order valence-electron chi connectivity index (χ1n) is 7.97. The Morgan fingerprint density at radius 3 is 3.04 bits per heavy atom. The highest BCUT2D eigenvalue weighted by atomic mass is 32.1. The highest BCUT2D eigenvalue weighted by Crippen LogP contribution is 2.26.